The highest BCUT2D eigenvalue weighted by molar-refractivity contribution is 6.31. The third-order valence-electron chi connectivity index (χ3n) is 5.00. The van der Waals surface area contributed by atoms with Crippen molar-refractivity contribution in [3.63, 3.8) is 0 Å². The van der Waals surface area contributed by atoms with Gasteiger partial charge in [-0.1, -0.05) is 48.0 Å². The monoisotopic (exact) mass is 397 g/mol. The van der Waals surface area contributed by atoms with Crippen LogP contribution in [-0.4, -0.2) is 31.5 Å². The van der Waals surface area contributed by atoms with Crippen LogP contribution < -0.4 is 10.1 Å². The Labute approximate surface area is 171 Å². The van der Waals surface area contributed by atoms with Gasteiger partial charge in [-0.2, -0.15) is 0 Å². The van der Waals surface area contributed by atoms with Gasteiger partial charge in [-0.3, -0.25) is 4.79 Å². The van der Waals surface area contributed by atoms with Gasteiger partial charge >= 0.3 is 0 Å². The zero-order chi connectivity index (χ0) is 20.1. The second kappa shape index (κ2) is 9.09. The Balaban J connectivity index is 1.59. The van der Waals surface area contributed by atoms with Gasteiger partial charge in [-0.05, 0) is 47.5 Å². The molecule has 0 aliphatic rings. The fourth-order valence-electron chi connectivity index (χ4n) is 3.27. The number of hydrogen-bond acceptors (Lipinski definition) is 2. The largest absolute Gasteiger partial charge is 0.497 e. The van der Waals surface area contributed by atoms with E-state index in [4.69, 9.17) is 16.3 Å². The summed E-state index contributed by atoms with van der Waals surface area (Å²) in [5.74, 6) is 0.935. The van der Waals surface area contributed by atoms with E-state index in [0.717, 1.165) is 32.7 Å². The Morgan fingerprint density at radius 3 is 2.57 bits per heavy atom. The van der Waals surface area contributed by atoms with Crippen LogP contribution in [-0.2, 0) is 11.3 Å². The van der Waals surface area contributed by atoms with E-state index in [1.54, 1.807) is 12.0 Å². The van der Waals surface area contributed by atoms with Gasteiger partial charge in [0.05, 0.1) is 7.11 Å². The predicted molar refractivity (Wildman–Crippen MR) is 114 cm³/mol. The number of nitrogens with two attached hydrogens (primary N) is 1. The maximum absolute atomic E-state index is 12.6. The highest BCUT2D eigenvalue weighted by Crippen LogP contribution is 2.22. The maximum Gasteiger partial charge on any atom is 0.277 e. The van der Waals surface area contributed by atoms with Crippen molar-refractivity contribution in [1.29, 1.82) is 0 Å². The number of likely N-dealkylation sites (N-methyl/N-ethyl adjacent to an activating group) is 1. The molecule has 3 aromatic carbocycles. The highest BCUT2D eigenvalue weighted by atomic mass is 35.5. The lowest BCUT2D eigenvalue weighted by Gasteiger charge is -2.19. The summed E-state index contributed by atoms with van der Waals surface area (Å²) in [6.45, 7) is 3.02. The van der Waals surface area contributed by atoms with Crippen molar-refractivity contribution in [3.8, 4) is 5.75 Å². The Hall–Kier alpha value is -2.56. The van der Waals surface area contributed by atoms with E-state index < -0.39 is 0 Å². The molecule has 0 unspecified atom stereocenters. The average Bonchev–Trinajstić information content (AvgIpc) is 2.71. The fourth-order valence-corrected chi connectivity index (χ4v) is 3.57. The van der Waals surface area contributed by atoms with Crippen LogP contribution >= 0.6 is 11.6 Å². The smallest absolute Gasteiger partial charge is 0.277 e. The predicted octanol–water partition coefficient (Wildman–Crippen LogP) is 3.78. The third kappa shape index (κ3) is 4.83. The topological polar surface area (TPSA) is 46.1 Å². The quantitative estimate of drug-likeness (QED) is 0.659. The fraction of sp³-hybridized carbons (Fsp3) is 0.261. The lowest BCUT2D eigenvalue weighted by atomic mass is 10.1. The molecule has 0 heterocycles. The van der Waals surface area contributed by atoms with Crippen molar-refractivity contribution >= 4 is 28.3 Å². The summed E-state index contributed by atoms with van der Waals surface area (Å²) in [4.78, 5) is 14.3. The van der Waals surface area contributed by atoms with E-state index in [9.17, 15) is 4.79 Å². The molecule has 0 aliphatic carbocycles. The van der Waals surface area contributed by atoms with Crippen LogP contribution in [0.5, 0.6) is 5.75 Å². The Bertz CT molecular complexity index is 974. The van der Waals surface area contributed by atoms with E-state index in [1.807, 2.05) is 54.8 Å². The summed E-state index contributed by atoms with van der Waals surface area (Å²) in [7, 11) is 3.51. The Kier molecular flexibility index (Phi) is 6.55. The van der Waals surface area contributed by atoms with Gasteiger partial charge in [0.1, 0.15) is 11.8 Å². The molecule has 0 radical (unpaired) electrons. The lowest BCUT2D eigenvalue weighted by molar-refractivity contribution is -0.683. The minimum Gasteiger partial charge on any atom is -0.497 e. The van der Waals surface area contributed by atoms with Gasteiger partial charge in [0, 0.05) is 24.2 Å². The molecule has 3 rings (SSSR count). The van der Waals surface area contributed by atoms with Gasteiger partial charge in [-0.15, -0.1) is 0 Å². The van der Waals surface area contributed by atoms with Crippen LogP contribution in [0.3, 0.4) is 0 Å². The molecule has 0 spiro atoms. The second-order valence-corrected chi connectivity index (χ2v) is 7.45. The standard InChI is InChI=1S/C23H25ClN2O2/c1-16(21-6-4-5-7-22(21)24)25-14-23(27)26(2)15-17-8-9-19-13-20(28-3)11-10-18(19)12-17/h4-13,16,25H,14-15H2,1-3H3/p+1/t16-/m1/s1. The number of halogens is 1. The molecule has 5 heteroatoms. The molecular formula is C23H26ClN2O2+. The summed E-state index contributed by atoms with van der Waals surface area (Å²) in [6.07, 6.45) is 0. The first kappa shape index (κ1) is 20.2. The normalized spacial score (nSPS) is 12.0. The molecule has 0 bridgehead atoms. The van der Waals surface area contributed by atoms with Crippen LogP contribution in [0.15, 0.2) is 60.7 Å². The molecule has 28 heavy (non-hydrogen) atoms. The molecule has 0 fully saturated rings. The minimum absolute atomic E-state index is 0.0914. The van der Waals surface area contributed by atoms with Gasteiger partial charge in [0.2, 0.25) is 0 Å². The number of benzene rings is 3. The number of fused-ring (bicyclic) bond motifs is 1. The van der Waals surface area contributed by atoms with Crippen LogP contribution in [0.4, 0.5) is 0 Å². The molecule has 2 N–H and O–H groups in total. The highest BCUT2D eigenvalue weighted by Gasteiger charge is 2.16. The molecular weight excluding hydrogens is 372 g/mol. The Morgan fingerprint density at radius 2 is 1.82 bits per heavy atom. The van der Waals surface area contributed by atoms with Crippen molar-refractivity contribution in [2.45, 2.75) is 19.5 Å². The molecule has 0 aliphatic heterocycles. The first-order valence-electron chi connectivity index (χ1n) is 9.36. The molecule has 3 aromatic rings. The Morgan fingerprint density at radius 1 is 1.11 bits per heavy atom. The van der Waals surface area contributed by atoms with Crippen molar-refractivity contribution in [3.05, 3.63) is 76.8 Å². The van der Waals surface area contributed by atoms with Crippen molar-refractivity contribution in [2.75, 3.05) is 20.7 Å². The van der Waals surface area contributed by atoms with Crippen molar-refractivity contribution in [2.24, 2.45) is 0 Å². The number of hydrogen-bond donors (Lipinski definition) is 1. The van der Waals surface area contributed by atoms with Crippen molar-refractivity contribution in [1.82, 2.24) is 4.90 Å². The third-order valence-corrected chi connectivity index (χ3v) is 5.34. The summed E-state index contributed by atoms with van der Waals surface area (Å²) in [5.41, 5.74) is 2.15. The average molecular weight is 398 g/mol. The van der Waals surface area contributed by atoms with Gasteiger partial charge in [0.25, 0.3) is 5.91 Å². The van der Waals surface area contributed by atoms with E-state index >= 15 is 0 Å². The summed E-state index contributed by atoms with van der Waals surface area (Å²) >= 11 is 6.25. The molecule has 146 valence electrons. The molecule has 0 saturated carbocycles. The second-order valence-electron chi connectivity index (χ2n) is 7.05. The number of carbonyl (C=O) groups excluding carboxylic acids is 1. The number of methoxy groups -OCH3 is 1. The van der Waals surface area contributed by atoms with Gasteiger partial charge < -0.3 is 15.0 Å². The summed E-state index contributed by atoms with van der Waals surface area (Å²) < 4.78 is 5.27. The van der Waals surface area contributed by atoms with Gasteiger partial charge in [0.15, 0.2) is 6.54 Å². The van der Waals surface area contributed by atoms with Crippen LogP contribution in [0.1, 0.15) is 24.1 Å². The summed E-state index contributed by atoms with van der Waals surface area (Å²) in [6, 6.07) is 20.1. The van der Waals surface area contributed by atoms with Crippen LogP contribution in [0.25, 0.3) is 10.8 Å². The SMILES string of the molecule is COc1ccc2cc(CN(C)C(=O)C[NH2+][C@H](C)c3ccccc3Cl)ccc2c1. The molecule has 0 aromatic heterocycles. The van der Waals surface area contributed by atoms with Crippen molar-refractivity contribution < 1.29 is 14.8 Å². The number of amides is 1. The van der Waals surface area contributed by atoms with E-state index in [0.29, 0.717) is 13.1 Å². The van der Waals surface area contributed by atoms with Crippen LogP contribution in [0.2, 0.25) is 5.02 Å². The number of rotatable bonds is 7. The zero-order valence-electron chi connectivity index (χ0n) is 16.5. The minimum atomic E-state index is 0.0914. The lowest BCUT2D eigenvalue weighted by Crippen LogP contribution is -2.87. The van der Waals surface area contributed by atoms with E-state index in [2.05, 4.69) is 25.1 Å². The van der Waals surface area contributed by atoms with E-state index in [-0.39, 0.29) is 11.9 Å². The van der Waals surface area contributed by atoms with E-state index in [1.165, 1.54) is 0 Å². The summed E-state index contributed by atoms with van der Waals surface area (Å²) in [5, 5.41) is 5.02. The van der Waals surface area contributed by atoms with Crippen LogP contribution in [0, 0.1) is 0 Å². The molecule has 1 atom stereocenters. The number of carbonyl (C=O) groups is 1. The van der Waals surface area contributed by atoms with Gasteiger partial charge in [-0.25, -0.2) is 0 Å². The first-order chi connectivity index (χ1) is 13.5. The number of quaternary nitrogens is 1. The number of nitrogens with zero attached hydrogens (tertiary/aromatic N) is 1. The number of ether oxygens (including phenoxy) is 1. The first-order valence-corrected chi connectivity index (χ1v) is 9.74. The molecule has 0 saturated heterocycles. The zero-order valence-corrected chi connectivity index (χ0v) is 17.2. The molecule has 4 nitrogen and oxygen atoms in total. The maximum atomic E-state index is 12.6. The molecule has 1 amide bonds.